The lowest BCUT2D eigenvalue weighted by molar-refractivity contribution is -0.151. The number of likely N-dealkylation sites (N-methyl/N-ethyl adjacent to an activating group) is 1. The van der Waals surface area contributed by atoms with E-state index < -0.39 is 83.6 Å². The fraction of sp³-hybridized carbons (Fsp3) is 0.652. The molecule has 4 aliphatic heterocycles. The zero-order valence-electron chi connectivity index (χ0n) is 54.0. The van der Waals surface area contributed by atoms with Crippen LogP contribution in [0.15, 0.2) is 72.4 Å². The minimum absolute atomic E-state index is 0.00334. The number of cyclic esters (lactones) is 1. The Morgan fingerprint density at radius 2 is 1.64 bits per heavy atom. The van der Waals surface area contributed by atoms with Gasteiger partial charge in [-0.15, -0.1) is 0 Å². The van der Waals surface area contributed by atoms with Crippen LogP contribution in [0, 0.1) is 23.7 Å². The van der Waals surface area contributed by atoms with Crippen LogP contribution in [-0.2, 0) is 49.4 Å². The molecule has 4 heterocycles. The van der Waals surface area contributed by atoms with E-state index in [0.717, 1.165) is 4.90 Å². The number of aliphatic hydroxyl groups is 4. The SMILES string of the molecule is CC[C@H](O)[C@@H](C)[C@H]1O[C@@H]1C[C@@](C)(O)/C=C/C=C(\C)[C@H]1OC(=O)C[C@H](O)CC[C@@](C)(O)[C@@H](OC(=O)N2CCN(CCN(C)C(=O)Oc3ccc(CC(=O)[C@H](CCCNC(N)=O)NC(=O)[C@@H](CC(=O)CCCCCN4C(=O)C=CC4=O)C(C)C)cc3)CC2)/C=C/[C@@H]1C. The lowest BCUT2D eigenvalue weighted by atomic mass is 9.88. The zero-order valence-corrected chi connectivity index (χ0v) is 54.0. The van der Waals surface area contributed by atoms with Crippen LogP contribution < -0.4 is 21.1 Å². The Labute approximate surface area is 529 Å². The Balaban J connectivity index is 1.09. The molecule has 8 N–H and O–H groups in total. The van der Waals surface area contributed by atoms with Gasteiger partial charge >= 0.3 is 24.2 Å². The third-order valence-electron chi connectivity index (χ3n) is 17.3. The fourth-order valence-corrected chi connectivity index (χ4v) is 11.2. The summed E-state index contributed by atoms with van der Waals surface area (Å²) in [5.41, 5.74) is 3.61. The molecule has 7 amide bonds. The molecule has 24 nitrogen and oxygen atoms in total. The number of unbranched alkanes of at least 4 members (excludes halogenated alkanes) is 2. The van der Waals surface area contributed by atoms with E-state index in [1.165, 1.54) is 24.0 Å². The highest BCUT2D eigenvalue weighted by molar-refractivity contribution is 6.12. The number of rotatable bonds is 31. The summed E-state index contributed by atoms with van der Waals surface area (Å²) >= 11 is 0. The maximum absolute atomic E-state index is 13.8. The summed E-state index contributed by atoms with van der Waals surface area (Å²) < 4.78 is 23.3. The Bertz CT molecular complexity index is 2720. The Morgan fingerprint density at radius 3 is 2.29 bits per heavy atom. The van der Waals surface area contributed by atoms with Crippen molar-refractivity contribution >= 4 is 53.5 Å². The van der Waals surface area contributed by atoms with Crippen LogP contribution in [0.4, 0.5) is 14.4 Å². The molecular formula is C66H99N7O17. The molecule has 0 spiro atoms. The molecule has 0 radical (unpaired) electrons. The molecule has 1 aromatic carbocycles. The van der Waals surface area contributed by atoms with Gasteiger partial charge in [0.15, 0.2) is 11.9 Å². The summed E-state index contributed by atoms with van der Waals surface area (Å²) in [6, 6.07) is 4.73. The van der Waals surface area contributed by atoms with Crippen LogP contribution in [-0.4, -0.2) is 207 Å². The van der Waals surface area contributed by atoms with Crippen LogP contribution in [0.25, 0.3) is 0 Å². The first-order valence-electron chi connectivity index (χ1n) is 31.8. The molecule has 0 unspecified atom stereocenters. The van der Waals surface area contributed by atoms with Crippen molar-refractivity contribution < 1.29 is 82.5 Å². The summed E-state index contributed by atoms with van der Waals surface area (Å²) in [7, 11) is 1.60. The number of aliphatic hydroxyl groups excluding tert-OH is 2. The molecule has 0 bridgehead atoms. The quantitative estimate of drug-likeness (QED) is 0.0125. The molecule has 500 valence electrons. The third kappa shape index (κ3) is 24.1. The molecule has 4 aliphatic rings. The molecule has 1 aromatic rings. The van der Waals surface area contributed by atoms with Crippen molar-refractivity contribution in [3.05, 3.63) is 77.9 Å². The lowest BCUT2D eigenvalue weighted by Gasteiger charge is -2.37. The third-order valence-corrected chi connectivity index (χ3v) is 17.3. The van der Waals surface area contributed by atoms with Crippen molar-refractivity contribution in [2.75, 3.05) is 59.4 Å². The van der Waals surface area contributed by atoms with Crippen LogP contribution in [0.1, 0.15) is 138 Å². The Kier molecular flexibility index (Phi) is 28.8. The van der Waals surface area contributed by atoms with Crippen molar-refractivity contribution in [3.8, 4) is 5.75 Å². The highest BCUT2D eigenvalue weighted by atomic mass is 16.6. The van der Waals surface area contributed by atoms with Gasteiger partial charge in [-0.1, -0.05) is 77.5 Å². The number of epoxide rings is 1. The van der Waals surface area contributed by atoms with E-state index in [9.17, 15) is 63.6 Å². The summed E-state index contributed by atoms with van der Waals surface area (Å²) in [6.45, 7) is 17.0. The average molecular weight is 1260 g/mol. The van der Waals surface area contributed by atoms with Gasteiger partial charge in [0, 0.05) is 115 Å². The van der Waals surface area contributed by atoms with Crippen molar-refractivity contribution in [2.45, 2.75) is 193 Å². The van der Waals surface area contributed by atoms with Gasteiger partial charge in [-0.25, -0.2) is 14.4 Å². The Hall–Kier alpha value is -6.83. The van der Waals surface area contributed by atoms with Crippen LogP contribution >= 0.6 is 0 Å². The van der Waals surface area contributed by atoms with Gasteiger partial charge in [0.05, 0.1) is 42.5 Å². The highest BCUT2D eigenvalue weighted by Crippen LogP contribution is 2.38. The van der Waals surface area contributed by atoms with Crippen molar-refractivity contribution in [2.24, 2.45) is 29.4 Å². The number of amides is 7. The number of imide groups is 1. The van der Waals surface area contributed by atoms with Crippen LogP contribution in [0.5, 0.6) is 5.75 Å². The topological polar surface area (TPSA) is 338 Å². The highest BCUT2D eigenvalue weighted by Gasteiger charge is 2.47. The number of Topliss-reactive ketones (excluding diaryl/α,β-unsaturated/α-hetero) is 2. The molecular weight excluding hydrogens is 1160 g/mol. The molecule has 2 fully saturated rings. The number of primary amides is 1. The van der Waals surface area contributed by atoms with Gasteiger partial charge in [-0.2, -0.15) is 0 Å². The van der Waals surface area contributed by atoms with Gasteiger partial charge in [-0.05, 0) is 101 Å². The zero-order chi connectivity index (χ0) is 66.5. The molecule has 0 aromatic heterocycles. The largest absolute Gasteiger partial charge is 0.457 e. The lowest BCUT2D eigenvalue weighted by Crippen LogP contribution is -2.52. The summed E-state index contributed by atoms with van der Waals surface area (Å²) in [5, 5.41) is 49.3. The number of carbonyl (C=O) groups is 9. The smallest absolute Gasteiger partial charge is 0.415 e. The number of nitrogens with zero attached hydrogens (tertiary/aromatic N) is 4. The van der Waals surface area contributed by atoms with Crippen molar-refractivity contribution in [3.63, 3.8) is 0 Å². The number of benzene rings is 1. The predicted molar refractivity (Wildman–Crippen MR) is 334 cm³/mol. The second-order valence-electron chi connectivity index (χ2n) is 25.5. The molecule has 24 heteroatoms. The number of nitrogens with two attached hydrogens (primary N) is 1. The molecule has 2 saturated heterocycles. The van der Waals surface area contributed by atoms with E-state index in [0.29, 0.717) is 82.4 Å². The van der Waals surface area contributed by atoms with Gasteiger partial charge in [0.25, 0.3) is 11.8 Å². The second kappa shape index (κ2) is 35.1. The van der Waals surface area contributed by atoms with Crippen molar-refractivity contribution in [1.82, 2.24) is 30.2 Å². The monoisotopic (exact) mass is 1260 g/mol. The molecule has 90 heavy (non-hydrogen) atoms. The predicted octanol–water partition coefficient (Wildman–Crippen LogP) is 5.22. The minimum Gasteiger partial charge on any atom is -0.457 e. The number of ketones is 2. The number of hydrogen-bond donors (Lipinski definition) is 7. The van der Waals surface area contributed by atoms with E-state index >= 15 is 0 Å². The van der Waals surface area contributed by atoms with E-state index in [1.807, 2.05) is 34.6 Å². The first kappa shape index (κ1) is 73.9. The normalized spacial score (nSPS) is 25.0. The molecule has 0 aliphatic carbocycles. The first-order valence-corrected chi connectivity index (χ1v) is 31.8. The fourth-order valence-electron chi connectivity index (χ4n) is 11.2. The van der Waals surface area contributed by atoms with Gasteiger partial charge in [0.1, 0.15) is 23.2 Å². The molecule has 5 rings (SSSR count). The Morgan fingerprint density at radius 1 is 0.967 bits per heavy atom. The minimum atomic E-state index is -1.63. The van der Waals surface area contributed by atoms with E-state index in [-0.39, 0.29) is 118 Å². The number of ether oxygens (including phenoxy) is 4. The number of nitrogens with one attached hydrogen (secondary N) is 2. The summed E-state index contributed by atoms with van der Waals surface area (Å²) in [6.07, 6.45) is 8.59. The first-order chi connectivity index (χ1) is 42.5. The second-order valence-corrected chi connectivity index (χ2v) is 25.5. The number of urea groups is 1. The number of carbonyl (C=O) groups excluding carboxylic acids is 9. The maximum atomic E-state index is 13.8. The van der Waals surface area contributed by atoms with Crippen LogP contribution in [0.3, 0.4) is 0 Å². The molecule has 0 saturated carbocycles. The van der Waals surface area contributed by atoms with Gasteiger partial charge in [-0.3, -0.25) is 38.6 Å². The van der Waals surface area contributed by atoms with Crippen molar-refractivity contribution in [1.29, 1.82) is 0 Å². The maximum Gasteiger partial charge on any atom is 0.415 e. The summed E-state index contributed by atoms with van der Waals surface area (Å²) in [5.74, 6) is -3.46. The number of allylic oxidation sites excluding steroid dienone is 2. The number of hydrogen-bond acceptors (Lipinski definition) is 18. The van der Waals surface area contributed by atoms with E-state index in [4.69, 9.17) is 24.7 Å². The molecule has 12 atom stereocenters. The average Bonchev–Trinajstić information content (AvgIpc) is 3.65. The van der Waals surface area contributed by atoms with E-state index in [1.54, 1.807) is 80.4 Å². The van der Waals surface area contributed by atoms with Gasteiger partial charge < -0.3 is 65.5 Å². The standard InChI is InChI=1S/C66H99N7O17/c1-10-52(76)45(6)60-54(88-60)41-65(7,85)28-14-16-43(4)59-44(5)19-24-55(66(8,86)29-27-48(75)40-58(80)90-59)89-64(84)72-36-34-71(35-37-72)33-32-70(9)63(83)87-49-22-20-46(21-23-49)38-53(77)51(18-15-30-68-62(67)82)69-61(81)50(42(2)3)39-47(74)17-12-11-13-31-73-56(78)25-26-57(73)79/h14,16,19-26,28,42,44-45,48,50-52,54-55,59-60,75-76,85-86H,10-13,15,17-18,27,29-41H2,1-9H3,(H,69,81)(H3,67,68,82)/b24-19+,28-14+,43-16+/t44-,45+,48+,50-,51-,52-,54+,55-,59+,60+,65-,66+/m0/s1. The van der Waals surface area contributed by atoms with Gasteiger partial charge in [0.2, 0.25) is 5.91 Å². The van der Waals surface area contributed by atoms with Crippen LogP contribution in [0.2, 0.25) is 0 Å². The van der Waals surface area contributed by atoms with E-state index in [2.05, 4.69) is 15.5 Å². The summed E-state index contributed by atoms with van der Waals surface area (Å²) in [4.78, 5) is 122. The number of piperazine rings is 1. The number of esters is 1.